The third-order valence-electron chi connectivity index (χ3n) is 2.22. The number of rotatable bonds is 1. The minimum absolute atomic E-state index is 0.338. The van der Waals surface area contributed by atoms with Gasteiger partial charge in [0, 0.05) is 5.39 Å². The second-order valence-electron chi connectivity index (χ2n) is 3.40. The number of alkyl halides is 3. The molecule has 1 nitrogen and oxygen atoms in total. The number of benzene rings is 2. The van der Waals surface area contributed by atoms with Crippen LogP contribution in [0.5, 0.6) is 0 Å². The van der Waals surface area contributed by atoms with E-state index in [1.54, 1.807) is 24.3 Å². The molecule has 0 N–H and O–H groups in total. The predicted molar refractivity (Wildman–Crippen MR) is 71.1 cm³/mol. The molecule has 0 spiro atoms. The van der Waals surface area contributed by atoms with Gasteiger partial charge in [0.15, 0.2) is 3.72 Å². The van der Waals surface area contributed by atoms with E-state index in [2.05, 4.69) is 4.99 Å². The molecule has 0 amide bonds. The van der Waals surface area contributed by atoms with Crippen molar-refractivity contribution in [2.75, 3.05) is 0 Å². The summed E-state index contributed by atoms with van der Waals surface area (Å²) in [6.07, 6.45) is -4.39. The van der Waals surface area contributed by atoms with E-state index < -0.39 is 9.89 Å². The van der Waals surface area contributed by atoms with Gasteiger partial charge >= 0.3 is 6.18 Å². The molecule has 17 heavy (non-hydrogen) atoms. The van der Waals surface area contributed by atoms with Crippen LogP contribution in [-0.2, 0) is 0 Å². The van der Waals surface area contributed by atoms with Crippen LogP contribution in [0.25, 0.3) is 10.8 Å². The van der Waals surface area contributed by atoms with Gasteiger partial charge in [-0.15, -0.1) is 0 Å². The maximum absolute atomic E-state index is 12.4. The van der Waals surface area contributed by atoms with Crippen LogP contribution in [0, 0.1) is 0 Å². The molecule has 5 heteroatoms. The molecular weight excluding hydrogens is 342 g/mol. The van der Waals surface area contributed by atoms with E-state index in [9.17, 15) is 13.2 Å². The van der Waals surface area contributed by atoms with Gasteiger partial charge in [0.1, 0.15) is 0 Å². The minimum Gasteiger partial charge on any atom is -0.237 e. The average molecular weight is 349 g/mol. The zero-order valence-electron chi connectivity index (χ0n) is 8.50. The van der Waals surface area contributed by atoms with Crippen molar-refractivity contribution in [2.45, 2.75) is 6.18 Å². The molecule has 2 aromatic carbocycles. The molecule has 0 saturated heterocycles. The largest absolute Gasteiger partial charge is 0.439 e. The third kappa shape index (κ3) is 2.77. The summed E-state index contributed by atoms with van der Waals surface area (Å²) in [5, 5.41) is 1.59. The summed E-state index contributed by atoms with van der Waals surface area (Å²) in [6, 6.07) is 12.3. The second-order valence-corrected chi connectivity index (χ2v) is 4.42. The molecule has 0 saturated carbocycles. The highest BCUT2D eigenvalue weighted by Crippen LogP contribution is 2.30. The molecule has 0 bridgehead atoms. The van der Waals surface area contributed by atoms with Gasteiger partial charge in [0.2, 0.25) is 0 Å². The molecule has 0 aliphatic rings. The fourth-order valence-corrected chi connectivity index (χ4v) is 1.73. The standard InChI is InChI=1S/C12H7F3IN/c13-12(14,15)11(16)17-10-7-3-5-8-4-1-2-6-9(8)10/h1-7H. The average Bonchev–Trinajstić information content (AvgIpc) is 2.28. The lowest BCUT2D eigenvalue weighted by molar-refractivity contribution is -0.0544. The molecule has 0 fully saturated rings. The van der Waals surface area contributed by atoms with Crippen molar-refractivity contribution in [3.8, 4) is 0 Å². The molecule has 0 aromatic heterocycles. The van der Waals surface area contributed by atoms with Crippen molar-refractivity contribution >= 4 is 42.8 Å². The van der Waals surface area contributed by atoms with Crippen LogP contribution in [0.2, 0.25) is 0 Å². The van der Waals surface area contributed by atoms with Crippen LogP contribution in [-0.4, -0.2) is 9.89 Å². The van der Waals surface area contributed by atoms with Gasteiger partial charge < -0.3 is 0 Å². The van der Waals surface area contributed by atoms with E-state index in [1.165, 1.54) is 22.6 Å². The maximum atomic E-state index is 12.4. The van der Waals surface area contributed by atoms with E-state index in [0.29, 0.717) is 11.1 Å². The Morgan fingerprint density at radius 2 is 1.65 bits per heavy atom. The SMILES string of the molecule is FC(F)(F)C(I)=Nc1cccc2ccccc12. The quantitative estimate of drug-likeness (QED) is 0.515. The summed E-state index contributed by atoms with van der Waals surface area (Å²) in [5.74, 6) is 0. The molecule has 0 atom stereocenters. The minimum atomic E-state index is -4.39. The highest BCUT2D eigenvalue weighted by Gasteiger charge is 2.33. The van der Waals surface area contributed by atoms with E-state index >= 15 is 0 Å². The van der Waals surface area contributed by atoms with Gasteiger partial charge in [-0.3, -0.25) is 0 Å². The summed E-state index contributed by atoms with van der Waals surface area (Å²) < 4.78 is 36.3. The Balaban J connectivity index is 2.57. The van der Waals surface area contributed by atoms with Crippen molar-refractivity contribution in [3.63, 3.8) is 0 Å². The highest BCUT2D eigenvalue weighted by atomic mass is 127. The van der Waals surface area contributed by atoms with Crippen LogP contribution in [0.4, 0.5) is 18.9 Å². The molecule has 88 valence electrons. The number of fused-ring (bicyclic) bond motifs is 1. The number of hydrogen-bond donors (Lipinski definition) is 0. The Morgan fingerprint density at radius 3 is 2.35 bits per heavy atom. The zero-order valence-corrected chi connectivity index (χ0v) is 10.7. The lowest BCUT2D eigenvalue weighted by Crippen LogP contribution is -2.15. The Kier molecular flexibility index (Phi) is 3.37. The van der Waals surface area contributed by atoms with Crippen molar-refractivity contribution in [3.05, 3.63) is 42.5 Å². The Bertz CT molecular complexity index is 570. The first kappa shape index (κ1) is 12.3. The van der Waals surface area contributed by atoms with E-state index in [1.807, 2.05) is 18.2 Å². The summed E-state index contributed by atoms with van der Waals surface area (Å²) in [7, 11) is 0. The summed E-state index contributed by atoms with van der Waals surface area (Å²) in [4.78, 5) is 3.64. The summed E-state index contributed by atoms with van der Waals surface area (Å²) in [5.41, 5.74) is 0.338. The van der Waals surface area contributed by atoms with Gasteiger partial charge in [-0.25, -0.2) is 4.99 Å². The first-order valence-electron chi connectivity index (χ1n) is 4.77. The smallest absolute Gasteiger partial charge is 0.237 e. The zero-order chi connectivity index (χ0) is 12.5. The van der Waals surface area contributed by atoms with Gasteiger partial charge in [0.05, 0.1) is 5.69 Å². The number of hydrogen-bond acceptors (Lipinski definition) is 1. The van der Waals surface area contributed by atoms with Crippen molar-refractivity contribution in [1.82, 2.24) is 0 Å². The molecule has 0 heterocycles. The van der Waals surface area contributed by atoms with Crippen molar-refractivity contribution < 1.29 is 13.2 Å². The van der Waals surface area contributed by atoms with Crippen LogP contribution in [0.1, 0.15) is 0 Å². The lowest BCUT2D eigenvalue weighted by atomic mass is 10.1. The van der Waals surface area contributed by atoms with E-state index in [-0.39, 0.29) is 0 Å². The van der Waals surface area contributed by atoms with Gasteiger partial charge in [-0.05, 0) is 34.0 Å². The molecule has 2 aromatic rings. The summed E-state index contributed by atoms with van der Waals surface area (Å²) >= 11 is 1.21. The second kappa shape index (κ2) is 4.64. The van der Waals surface area contributed by atoms with Crippen molar-refractivity contribution in [1.29, 1.82) is 0 Å². The maximum Gasteiger partial charge on any atom is 0.439 e. The molecule has 0 radical (unpaired) electrons. The van der Waals surface area contributed by atoms with Crippen LogP contribution >= 0.6 is 22.6 Å². The van der Waals surface area contributed by atoms with Crippen LogP contribution < -0.4 is 0 Å². The molecule has 0 aliphatic heterocycles. The molecular formula is C12H7F3IN. The first-order chi connectivity index (χ1) is 7.98. The van der Waals surface area contributed by atoms with E-state index in [0.717, 1.165) is 5.39 Å². The van der Waals surface area contributed by atoms with E-state index in [4.69, 9.17) is 0 Å². The fraction of sp³-hybridized carbons (Fsp3) is 0.0833. The lowest BCUT2D eigenvalue weighted by Gasteiger charge is -2.05. The third-order valence-corrected chi connectivity index (χ3v) is 3.07. The normalized spacial score (nSPS) is 13.1. The summed E-state index contributed by atoms with van der Waals surface area (Å²) in [6.45, 7) is 0. The first-order valence-corrected chi connectivity index (χ1v) is 5.85. The van der Waals surface area contributed by atoms with Gasteiger partial charge in [-0.1, -0.05) is 36.4 Å². The van der Waals surface area contributed by atoms with Crippen LogP contribution in [0.3, 0.4) is 0 Å². The van der Waals surface area contributed by atoms with Gasteiger partial charge in [0.25, 0.3) is 0 Å². The number of halogens is 4. The topological polar surface area (TPSA) is 12.4 Å². The number of aliphatic imine (C=N–C) groups is 1. The number of nitrogens with zero attached hydrogens (tertiary/aromatic N) is 1. The monoisotopic (exact) mass is 349 g/mol. The Labute approximate surface area is 109 Å². The van der Waals surface area contributed by atoms with Crippen molar-refractivity contribution in [2.24, 2.45) is 4.99 Å². The molecule has 2 rings (SSSR count). The van der Waals surface area contributed by atoms with Gasteiger partial charge in [-0.2, -0.15) is 13.2 Å². The predicted octanol–water partition coefficient (Wildman–Crippen LogP) is 4.87. The van der Waals surface area contributed by atoms with Crippen LogP contribution in [0.15, 0.2) is 47.5 Å². The Hall–Kier alpha value is -1.11. The fourth-order valence-electron chi connectivity index (χ4n) is 1.47. The molecule has 0 unspecified atom stereocenters. The molecule has 0 aliphatic carbocycles. The Morgan fingerprint density at radius 1 is 1.00 bits per heavy atom. The highest BCUT2D eigenvalue weighted by molar-refractivity contribution is 14.1.